The molecule has 0 spiro atoms. The van der Waals surface area contributed by atoms with Crippen LogP contribution in [0.25, 0.3) is 0 Å². The van der Waals surface area contributed by atoms with Gasteiger partial charge in [-0.3, -0.25) is 4.68 Å². The van der Waals surface area contributed by atoms with Crippen LogP contribution in [0.2, 0.25) is 0 Å². The average Bonchev–Trinajstić information content (AvgIpc) is 2.67. The first-order valence-electron chi connectivity index (χ1n) is 5.92. The maximum Gasteiger partial charge on any atom is 0.0724 e. The Bertz CT molecular complexity index is 326. The summed E-state index contributed by atoms with van der Waals surface area (Å²) in [6, 6.07) is 0.270. The predicted octanol–water partition coefficient (Wildman–Crippen LogP) is 1.13. The largest absolute Gasteiger partial charge is 0.383 e. The van der Waals surface area contributed by atoms with E-state index in [0.29, 0.717) is 6.61 Å². The molecule has 17 heavy (non-hydrogen) atoms. The van der Waals surface area contributed by atoms with Crippen LogP contribution in [0.15, 0.2) is 6.20 Å². The van der Waals surface area contributed by atoms with Crippen molar-refractivity contribution in [3.8, 4) is 0 Å². The molecule has 5 nitrogen and oxygen atoms in total. The number of hydrogen-bond acceptors (Lipinski definition) is 4. The second kappa shape index (κ2) is 7.42. The molecule has 1 aromatic rings. The van der Waals surface area contributed by atoms with Crippen LogP contribution in [-0.4, -0.2) is 43.8 Å². The Kier molecular flexibility index (Phi) is 6.18. The summed E-state index contributed by atoms with van der Waals surface area (Å²) >= 11 is 0. The molecule has 1 rings (SSSR count). The second-order valence-corrected chi connectivity index (χ2v) is 4.19. The van der Waals surface area contributed by atoms with E-state index >= 15 is 0 Å². The molecule has 0 aliphatic rings. The third-order valence-electron chi connectivity index (χ3n) is 2.68. The van der Waals surface area contributed by atoms with E-state index in [0.717, 1.165) is 25.4 Å². The molecular weight excluding hydrogens is 218 g/mol. The standard InChI is InChI=1S/C12H23N3O2/c1-10(9-17-4)15-8-12(11(2)14-15)7-13-5-6-16-3/h8,10,13H,5-7,9H2,1-4H3. The summed E-state index contributed by atoms with van der Waals surface area (Å²) in [5, 5.41) is 7.81. The van der Waals surface area contributed by atoms with Gasteiger partial charge in [-0.25, -0.2) is 0 Å². The lowest BCUT2D eigenvalue weighted by Crippen LogP contribution is -2.18. The SMILES string of the molecule is COCCNCc1cn(C(C)COC)nc1C. The Balaban J connectivity index is 2.49. The van der Waals surface area contributed by atoms with E-state index in [1.165, 1.54) is 5.56 Å². The highest BCUT2D eigenvalue weighted by atomic mass is 16.5. The minimum Gasteiger partial charge on any atom is -0.383 e. The lowest BCUT2D eigenvalue weighted by Gasteiger charge is -2.10. The number of hydrogen-bond donors (Lipinski definition) is 1. The number of ether oxygens (including phenoxy) is 2. The molecule has 1 heterocycles. The molecule has 0 radical (unpaired) electrons. The third kappa shape index (κ3) is 4.46. The summed E-state index contributed by atoms with van der Waals surface area (Å²) in [5.41, 5.74) is 2.29. The molecule has 0 aliphatic carbocycles. The highest BCUT2D eigenvalue weighted by Gasteiger charge is 2.09. The number of aromatic nitrogens is 2. The van der Waals surface area contributed by atoms with E-state index in [-0.39, 0.29) is 6.04 Å². The molecule has 0 fully saturated rings. The Morgan fingerprint density at radius 3 is 2.82 bits per heavy atom. The summed E-state index contributed by atoms with van der Waals surface area (Å²) in [6.45, 7) is 7.22. The van der Waals surface area contributed by atoms with E-state index in [4.69, 9.17) is 9.47 Å². The van der Waals surface area contributed by atoms with Crippen LogP contribution in [0.5, 0.6) is 0 Å². The van der Waals surface area contributed by atoms with Crippen LogP contribution in [0.1, 0.15) is 24.2 Å². The van der Waals surface area contributed by atoms with Gasteiger partial charge in [0.05, 0.1) is 24.9 Å². The fraction of sp³-hybridized carbons (Fsp3) is 0.750. The first-order valence-corrected chi connectivity index (χ1v) is 5.92. The van der Waals surface area contributed by atoms with Gasteiger partial charge in [0.15, 0.2) is 0 Å². The van der Waals surface area contributed by atoms with Crippen molar-refractivity contribution in [3.63, 3.8) is 0 Å². The van der Waals surface area contributed by atoms with Crippen molar-refractivity contribution in [1.29, 1.82) is 0 Å². The van der Waals surface area contributed by atoms with Crippen molar-refractivity contribution in [2.24, 2.45) is 0 Å². The van der Waals surface area contributed by atoms with Crippen molar-refractivity contribution >= 4 is 0 Å². The molecule has 1 aromatic heterocycles. The zero-order valence-corrected chi connectivity index (χ0v) is 11.2. The first kappa shape index (κ1) is 14.2. The zero-order valence-electron chi connectivity index (χ0n) is 11.2. The quantitative estimate of drug-likeness (QED) is 0.693. The van der Waals surface area contributed by atoms with E-state index < -0.39 is 0 Å². The fourth-order valence-electron chi connectivity index (χ4n) is 1.63. The minimum absolute atomic E-state index is 0.270. The minimum atomic E-state index is 0.270. The molecule has 5 heteroatoms. The Morgan fingerprint density at radius 1 is 1.41 bits per heavy atom. The smallest absolute Gasteiger partial charge is 0.0724 e. The van der Waals surface area contributed by atoms with E-state index in [2.05, 4.69) is 23.5 Å². The summed E-state index contributed by atoms with van der Waals surface area (Å²) in [7, 11) is 3.41. The van der Waals surface area contributed by atoms with Crippen LogP contribution in [0, 0.1) is 6.92 Å². The molecule has 0 saturated carbocycles. The van der Waals surface area contributed by atoms with Crippen LogP contribution in [-0.2, 0) is 16.0 Å². The summed E-state index contributed by atoms with van der Waals surface area (Å²) in [5.74, 6) is 0. The van der Waals surface area contributed by atoms with E-state index in [9.17, 15) is 0 Å². The molecule has 1 atom stereocenters. The number of methoxy groups -OCH3 is 2. The van der Waals surface area contributed by atoms with Crippen LogP contribution >= 0.6 is 0 Å². The van der Waals surface area contributed by atoms with Gasteiger partial charge < -0.3 is 14.8 Å². The molecule has 0 bridgehead atoms. The normalized spacial score (nSPS) is 12.9. The first-order chi connectivity index (χ1) is 8.19. The molecule has 0 saturated heterocycles. The number of nitrogens with one attached hydrogen (secondary N) is 1. The van der Waals surface area contributed by atoms with Crippen molar-refractivity contribution in [3.05, 3.63) is 17.5 Å². The molecule has 0 aliphatic heterocycles. The lowest BCUT2D eigenvalue weighted by molar-refractivity contribution is 0.157. The van der Waals surface area contributed by atoms with E-state index in [1.54, 1.807) is 14.2 Å². The second-order valence-electron chi connectivity index (χ2n) is 4.19. The molecule has 0 amide bonds. The van der Waals surface area contributed by atoms with Gasteiger partial charge in [0.25, 0.3) is 0 Å². The summed E-state index contributed by atoms with van der Waals surface area (Å²) in [6.07, 6.45) is 2.08. The fourth-order valence-corrected chi connectivity index (χ4v) is 1.63. The molecule has 0 aromatic carbocycles. The maximum absolute atomic E-state index is 5.13. The Hall–Kier alpha value is -0.910. The van der Waals surface area contributed by atoms with Crippen molar-refractivity contribution in [2.75, 3.05) is 34.0 Å². The number of aryl methyl sites for hydroxylation is 1. The molecule has 98 valence electrons. The van der Waals surface area contributed by atoms with Gasteiger partial charge in [0, 0.05) is 39.1 Å². The monoisotopic (exact) mass is 241 g/mol. The summed E-state index contributed by atoms with van der Waals surface area (Å²) < 4.78 is 12.1. The zero-order chi connectivity index (χ0) is 12.7. The Morgan fingerprint density at radius 2 is 2.18 bits per heavy atom. The summed E-state index contributed by atoms with van der Waals surface area (Å²) in [4.78, 5) is 0. The van der Waals surface area contributed by atoms with Crippen LogP contribution in [0.3, 0.4) is 0 Å². The van der Waals surface area contributed by atoms with Crippen LogP contribution in [0.4, 0.5) is 0 Å². The molecule has 1 unspecified atom stereocenters. The van der Waals surface area contributed by atoms with E-state index in [1.807, 2.05) is 11.6 Å². The van der Waals surface area contributed by atoms with Gasteiger partial charge in [-0.2, -0.15) is 5.10 Å². The molecule has 1 N–H and O–H groups in total. The van der Waals surface area contributed by atoms with Gasteiger partial charge in [-0.05, 0) is 13.8 Å². The third-order valence-corrected chi connectivity index (χ3v) is 2.68. The van der Waals surface area contributed by atoms with Gasteiger partial charge in [-0.1, -0.05) is 0 Å². The van der Waals surface area contributed by atoms with Crippen molar-refractivity contribution < 1.29 is 9.47 Å². The van der Waals surface area contributed by atoms with Gasteiger partial charge >= 0.3 is 0 Å². The lowest BCUT2D eigenvalue weighted by atomic mass is 10.2. The average molecular weight is 241 g/mol. The maximum atomic E-state index is 5.13. The van der Waals surface area contributed by atoms with Gasteiger partial charge in [0.1, 0.15) is 0 Å². The number of nitrogens with zero attached hydrogens (tertiary/aromatic N) is 2. The Labute approximate surface area is 103 Å². The van der Waals surface area contributed by atoms with Crippen LogP contribution < -0.4 is 5.32 Å². The molecular formula is C12H23N3O2. The van der Waals surface area contributed by atoms with Crippen molar-refractivity contribution in [2.45, 2.75) is 26.4 Å². The highest BCUT2D eigenvalue weighted by molar-refractivity contribution is 5.15. The topological polar surface area (TPSA) is 48.3 Å². The van der Waals surface area contributed by atoms with Gasteiger partial charge in [0.2, 0.25) is 0 Å². The van der Waals surface area contributed by atoms with Crippen molar-refractivity contribution in [1.82, 2.24) is 15.1 Å². The predicted molar refractivity (Wildman–Crippen MR) is 67.1 cm³/mol. The highest BCUT2D eigenvalue weighted by Crippen LogP contribution is 2.11. The number of rotatable bonds is 8. The van der Waals surface area contributed by atoms with Gasteiger partial charge in [-0.15, -0.1) is 0 Å².